The number of hydrogen-bond acceptors (Lipinski definition) is 11. The molecule has 0 aromatic carbocycles. The number of aliphatic hydroxyl groups excluding tert-OH is 2. The van der Waals surface area contributed by atoms with Crippen LogP contribution in [0, 0.1) is 4.64 Å². The van der Waals surface area contributed by atoms with Gasteiger partial charge in [0.2, 0.25) is 5.95 Å². The van der Waals surface area contributed by atoms with Gasteiger partial charge in [-0.2, -0.15) is 0 Å². The molecule has 14 nitrogen and oxygen atoms in total. The molecule has 0 bridgehead atoms. The molecule has 2 aromatic rings. The molecule has 0 amide bonds. The SMILES string of the molecule is CC(N)=NCCCCNc1nc(=S)c2ncn([C@@H]3O[C@H](COP(=O)([O-])O)[C@H](O)C3O)c2[nH]1. The molecule has 2 unspecified atom stereocenters. The molecule has 7 N–H and O–H groups in total. The van der Waals surface area contributed by atoms with E-state index < -0.39 is 39.0 Å². The highest BCUT2D eigenvalue weighted by Crippen LogP contribution is 2.36. The van der Waals surface area contributed by atoms with Gasteiger partial charge in [-0.05, 0) is 19.8 Å². The Hall–Kier alpha value is -1.97. The van der Waals surface area contributed by atoms with E-state index in [1.807, 2.05) is 0 Å². The predicted octanol–water partition coefficient (Wildman–Crippen LogP) is -0.845. The van der Waals surface area contributed by atoms with Crippen molar-refractivity contribution in [3.8, 4) is 0 Å². The van der Waals surface area contributed by atoms with Crippen molar-refractivity contribution in [1.82, 2.24) is 19.5 Å². The molecular weight excluding hydrogens is 465 g/mol. The molecule has 0 radical (unpaired) electrons. The lowest BCUT2D eigenvalue weighted by molar-refractivity contribution is -0.222. The maximum atomic E-state index is 10.8. The summed E-state index contributed by atoms with van der Waals surface area (Å²) in [5.74, 6) is 0.916. The first-order valence-electron chi connectivity index (χ1n) is 9.74. The van der Waals surface area contributed by atoms with Crippen molar-refractivity contribution in [3.63, 3.8) is 0 Å². The predicted molar refractivity (Wildman–Crippen MR) is 114 cm³/mol. The zero-order valence-corrected chi connectivity index (χ0v) is 18.8. The Kier molecular flexibility index (Phi) is 7.95. The summed E-state index contributed by atoms with van der Waals surface area (Å²) < 4.78 is 22.3. The summed E-state index contributed by atoms with van der Waals surface area (Å²) >= 11 is 5.29. The van der Waals surface area contributed by atoms with Gasteiger partial charge in [0.15, 0.2) is 10.9 Å². The van der Waals surface area contributed by atoms with Gasteiger partial charge in [0.05, 0.1) is 18.8 Å². The molecule has 1 aliphatic rings. The molecule has 3 rings (SSSR count). The van der Waals surface area contributed by atoms with Gasteiger partial charge in [0, 0.05) is 13.1 Å². The fraction of sp³-hybridized carbons (Fsp3) is 0.625. The Balaban J connectivity index is 1.72. The number of nitrogens with zero attached hydrogens (tertiary/aromatic N) is 4. The van der Waals surface area contributed by atoms with Crippen LogP contribution in [-0.2, 0) is 13.8 Å². The highest BCUT2D eigenvalue weighted by Gasteiger charge is 2.44. The number of imidazole rings is 1. The second kappa shape index (κ2) is 10.3. The van der Waals surface area contributed by atoms with Crippen LogP contribution in [0.1, 0.15) is 26.0 Å². The lowest BCUT2D eigenvalue weighted by atomic mass is 10.1. The number of H-pyrrole nitrogens is 1. The standard InChI is InChI=1S/C16H26N7O7PS/c1-8(17)18-4-2-3-5-19-16-21-13-10(14(32)22-16)20-7-23(13)15-12(25)11(24)9(30-15)6-29-31(26,27)28/h7,9,11-12,15,24-25H,2-6H2,1H3,(H2,17,18)(H2,26,27,28)(H2,19,21,22,32)/p-1/t9-,11+,12?,15-/m1/s1. The van der Waals surface area contributed by atoms with Gasteiger partial charge in [-0.3, -0.25) is 14.1 Å². The molecule has 178 valence electrons. The number of aromatic nitrogens is 4. The number of amidine groups is 1. The lowest BCUT2D eigenvalue weighted by Crippen LogP contribution is -2.34. The van der Waals surface area contributed by atoms with Crippen LogP contribution >= 0.6 is 20.0 Å². The Bertz CT molecular complexity index is 1070. The fourth-order valence-corrected chi connectivity index (χ4v) is 3.75. The van der Waals surface area contributed by atoms with Crippen molar-refractivity contribution in [2.24, 2.45) is 10.7 Å². The Morgan fingerprint density at radius 1 is 1.50 bits per heavy atom. The Morgan fingerprint density at radius 2 is 2.25 bits per heavy atom. The van der Waals surface area contributed by atoms with Gasteiger partial charge in [-0.15, -0.1) is 0 Å². The number of aromatic amines is 1. The zero-order chi connectivity index (χ0) is 23.5. The average Bonchev–Trinajstić information content (AvgIpc) is 3.24. The van der Waals surface area contributed by atoms with E-state index in [0.29, 0.717) is 36.0 Å². The van der Waals surface area contributed by atoms with Gasteiger partial charge >= 0.3 is 0 Å². The average molecular weight is 490 g/mol. The van der Waals surface area contributed by atoms with Crippen LogP contribution in [0.5, 0.6) is 0 Å². The number of ether oxygens (including phenoxy) is 1. The summed E-state index contributed by atoms with van der Waals surface area (Å²) in [6, 6.07) is 0. The van der Waals surface area contributed by atoms with Crippen molar-refractivity contribution in [2.75, 3.05) is 25.0 Å². The third-order valence-electron chi connectivity index (χ3n) is 4.70. The molecule has 1 fully saturated rings. The Morgan fingerprint density at radius 3 is 2.94 bits per heavy atom. The molecule has 0 spiro atoms. The molecular formula is C16H25N7O7PS-. The molecule has 1 saturated heterocycles. The second-order valence-electron chi connectivity index (χ2n) is 7.21. The normalized spacial score (nSPS) is 25.8. The van der Waals surface area contributed by atoms with Gasteiger partial charge in [-0.25, -0.2) is 9.97 Å². The summed E-state index contributed by atoms with van der Waals surface area (Å²) in [7, 11) is -5.01. The van der Waals surface area contributed by atoms with Crippen molar-refractivity contribution >= 4 is 43.0 Å². The zero-order valence-electron chi connectivity index (χ0n) is 17.1. The third kappa shape index (κ3) is 6.08. The minimum absolute atomic E-state index is 0.212. The smallest absolute Gasteiger partial charge is 0.265 e. The fourth-order valence-electron chi connectivity index (χ4n) is 3.18. The first-order chi connectivity index (χ1) is 15.1. The molecule has 1 aliphatic heterocycles. The number of nitrogens with one attached hydrogen (secondary N) is 2. The number of nitrogens with two attached hydrogens (primary N) is 1. The number of fused-ring (bicyclic) bond motifs is 1. The van der Waals surface area contributed by atoms with Crippen molar-refractivity contribution in [1.29, 1.82) is 0 Å². The van der Waals surface area contributed by atoms with Crippen LogP contribution in [0.2, 0.25) is 0 Å². The van der Waals surface area contributed by atoms with Crippen LogP contribution in [-0.4, -0.2) is 78.5 Å². The van der Waals surface area contributed by atoms with E-state index in [4.69, 9.17) is 27.6 Å². The lowest BCUT2D eigenvalue weighted by Gasteiger charge is -2.20. The van der Waals surface area contributed by atoms with E-state index in [2.05, 4.69) is 29.8 Å². The van der Waals surface area contributed by atoms with E-state index in [9.17, 15) is 19.7 Å². The van der Waals surface area contributed by atoms with E-state index >= 15 is 0 Å². The van der Waals surface area contributed by atoms with Crippen molar-refractivity contribution in [2.45, 2.75) is 44.3 Å². The van der Waals surface area contributed by atoms with Crippen LogP contribution < -0.4 is 15.9 Å². The molecule has 32 heavy (non-hydrogen) atoms. The summed E-state index contributed by atoms with van der Waals surface area (Å²) in [5.41, 5.74) is 6.23. The van der Waals surface area contributed by atoms with Gasteiger partial charge in [-0.1, -0.05) is 12.2 Å². The number of aliphatic imine (C=N–C) groups is 1. The molecule has 3 heterocycles. The number of rotatable bonds is 10. The highest BCUT2D eigenvalue weighted by atomic mass is 32.1. The van der Waals surface area contributed by atoms with Crippen LogP contribution in [0.3, 0.4) is 0 Å². The molecule has 0 saturated carbocycles. The summed E-state index contributed by atoms with van der Waals surface area (Å²) in [4.78, 5) is 35.1. The Labute approximate surface area is 187 Å². The number of anilines is 1. The first kappa shape index (κ1) is 24.7. The van der Waals surface area contributed by atoms with Crippen LogP contribution in [0.4, 0.5) is 5.95 Å². The van der Waals surface area contributed by atoms with Crippen LogP contribution in [0.15, 0.2) is 11.3 Å². The van der Waals surface area contributed by atoms with Gasteiger partial charge < -0.3 is 45.3 Å². The number of unbranched alkanes of at least 4 members (excludes halogenated alkanes) is 1. The molecule has 5 atom stereocenters. The first-order valence-corrected chi connectivity index (χ1v) is 11.6. The highest BCUT2D eigenvalue weighted by molar-refractivity contribution is 7.71. The molecule has 16 heteroatoms. The van der Waals surface area contributed by atoms with E-state index in [1.54, 1.807) is 6.92 Å². The maximum Gasteiger partial charge on any atom is 0.265 e. The monoisotopic (exact) mass is 490 g/mol. The quantitative estimate of drug-likeness (QED) is 0.0789. The van der Waals surface area contributed by atoms with Crippen LogP contribution in [0.25, 0.3) is 11.2 Å². The summed E-state index contributed by atoms with van der Waals surface area (Å²) in [5, 5.41) is 23.7. The van der Waals surface area contributed by atoms with Crippen molar-refractivity contribution < 1.29 is 33.8 Å². The van der Waals surface area contributed by atoms with Crippen molar-refractivity contribution in [3.05, 3.63) is 11.0 Å². The van der Waals surface area contributed by atoms with Gasteiger partial charge in [0.1, 0.15) is 29.5 Å². The molecule has 0 aliphatic carbocycles. The number of aliphatic hydroxyl groups is 2. The summed E-state index contributed by atoms with van der Waals surface area (Å²) in [6.45, 7) is 2.28. The van der Waals surface area contributed by atoms with E-state index in [1.165, 1.54) is 10.9 Å². The minimum atomic E-state index is -5.01. The van der Waals surface area contributed by atoms with E-state index in [0.717, 1.165) is 12.8 Å². The number of phosphoric acid groups is 1. The number of hydrogen-bond donors (Lipinski definition) is 6. The third-order valence-corrected chi connectivity index (χ3v) is 5.46. The number of phosphoric ester groups is 1. The summed E-state index contributed by atoms with van der Waals surface area (Å²) in [6.07, 6.45) is -2.23. The molecule has 2 aromatic heterocycles. The largest absolute Gasteiger partial charge is 0.756 e. The van der Waals surface area contributed by atoms with Gasteiger partial charge in [0.25, 0.3) is 7.82 Å². The topological polar surface area (TPSA) is 216 Å². The second-order valence-corrected chi connectivity index (χ2v) is 8.79. The van der Waals surface area contributed by atoms with E-state index in [-0.39, 0.29) is 4.64 Å². The minimum Gasteiger partial charge on any atom is -0.756 e. The maximum absolute atomic E-state index is 10.8.